The van der Waals surface area contributed by atoms with E-state index in [1.807, 2.05) is 0 Å². The van der Waals surface area contributed by atoms with E-state index in [-0.39, 0.29) is 9.88 Å². The summed E-state index contributed by atoms with van der Waals surface area (Å²) in [5.74, 6) is -1.51. The van der Waals surface area contributed by atoms with Crippen LogP contribution < -0.4 is 5.14 Å². The van der Waals surface area contributed by atoms with Crippen LogP contribution in [0, 0.1) is 0 Å². The van der Waals surface area contributed by atoms with Gasteiger partial charge < -0.3 is 5.11 Å². The number of carboxylic acid groups (broad SMARTS) is 1. The summed E-state index contributed by atoms with van der Waals surface area (Å²) in [4.78, 5) is 14.7. The molecule has 0 spiro atoms. The van der Waals surface area contributed by atoms with Crippen LogP contribution in [0.4, 0.5) is 0 Å². The highest BCUT2D eigenvalue weighted by Gasteiger charge is 2.18. The summed E-state index contributed by atoms with van der Waals surface area (Å²) in [6, 6.07) is 0. The zero-order chi connectivity index (χ0) is 11.6. The molecule has 0 aliphatic heterocycles. The fourth-order valence-electron chi connectivity index (χ4n) is 1.04. The second-order valence-corrected chi connectivity index (χ2v) is 5.55. The number of carboxylic acids is 1. The number of aryl methyl sites for hydroxylation is 1. The number of sulfonamides is 1. The Morgan fingerprint density at radius 2 is 2.20 bits per heavy atom. The fourth-order valence-corrected chi connectivity index (χ4v) is 2.97. The first-order chi connectivity index (χ1) is 6.83. The van der Waals surface area contributed by atoms with Crippen LogP contribution in [0.25, 0.3) is 0 Å². The van der Waals surface area contributed by atoms with Crippen molar-refractivity contribution in [3.8, 4) is 0 Å². The quantitative estimate of drug-likeness (QED) is 0.792. The van der Waals surface area contributed by atoms with Crippen molar-refractivity contribution in [3.63, 3.8) is 0 Å². The molecule has 0 aliphatic rings. The molecule has 0 aromatic carbocycles. The molecule has 0 radical (unpaired) electrons. The highest BCUT2D eigenvalue weighted by atomic mass is 32.2. The fraction of sp³-hybridized carbons (Fsp3) is 0.429. The molecule has 0 unspecified atom stereocenters. The van der Waals surface area contributed by atoms with Crippen molar-refractivity contribution in [2.24, 2.45) is 5.14 Å². The number of nitrogens with two attached hydrogens (primary N) is 1. The Bertz CT molecular complexity index is 477. The van der Waals surface area contributed by atoms with Gasteiger partial charge in [-0.25, -0.2) is 23.3 Å². The smallest absolute Gasteiger partial charge is 0.347 e. The van der Waals surface area contributed by atoms with Gasteiger partial charge >= 0.3 is 5.97 Å². The topological polar surface area (TPSA) is 110 Å². The maximum Gasteiger partial charge on any atom is 0.347 e. The minimum absolute atomic E-state index is 0.0798. The molecule has 1 rings (SSSR count). The first kappa shape index (κ1) is 12.1. The minimum atomic E-state index is -3.66. The molecule has 0 bridgehead atoms. The van der Waals surface area contributed by atoms with Crippen LogP contribution in [0.1, 0.15) is 27.3 Å². The minimum Gasteiger partial charge on any atom is -0.477 e. The van der Waals surface area contributed by atoms with E-state index in [0.717, 1.165) is 11.3 Å². The van der Waals surface area contributed by atoms with Gasteiger partial charge in [0, 0.05) is 0 Å². The molecule has 1 aromatic rings. The molecule has 1 aromatic heterocycles. The van der Waals surface area contributed by atoms with E-state index >= 15 is 0 Å². The van der Waals surface area contributed by atoms with Gasteiger partial charge in [-0.3, -0.25) is 0 Å². The molecule has 3 N–H and O–H groups in total. The van der Waals surface area contributed by atoms with Gasteiger partial charge in [0.15, 0.2) is 0 Å². The van der Waals surface area contributed by atoms with Crippen LogP contribution in [0.15, 0.2) is 0 Å². The number of thiazole rings is 1. The van der Waals surface area contributed by atoms with Gasteiger partial charge in [-0.1, -0.05) is 6.92 Å². The molecule has 1 heterocycles. The zero-order valence-electron chi connectivity index (χ0n) is 7.93. The second-order valence-electron chi connectivity index (χ2n) is 2.85. The molecular formula is C7H10N2O4S2. The lowest BCUT2D eigenvalue weighted by atomic mass is 10.3. The maximum absolute atomic E-state index is 10.8. The Labute approximate surface area is 90.8 Å². The van der Waals surface area contributed by atoms with E-state index in [4.69, 9.17) is 10.2 Å². The Kier molecular flexibility index (Phi) is 3.42. The molecule has 8 heteroatoms. The van der Waals surface area contributed by atoms with Crippen molar-refractivity contribution < 1.29 is 18.3 Å². The van der Waals surface area contributed by atoms with E-state index in [1.54, 1.807) is 6.92 Å². The Morgan fingerprint density at radius 1 is 1.60 bits per heavy atom. The maximum atomic E-state index is 10.8. The van der Waals surface area contributed by atoms with E-state index < -0.39 is 21.7 Å². The van der Waals surface area contributed by atoms with Crippen LogP contribution in [0.5, 0.6) is 0 Å². The van der Waals surface area contributed by atoms with E-state index in [2.05, 4.69) is 4.98 Å². The van der Waals surface area contributed by atoms with Crippen LogP contribution in [0.2, 0.25) is 0 Å². The van der Waals surface area contributed by atoms with Gasteiger partial charge in [-0.05, 0) is 6.42 Å². The predicted molar refractivity (Wildman–Crippen MR) is 55.3 cm³/mol. The van der Waals surface area contributed by atoms with Crippen LogP contribution in [0.3, 0.4) is 0 Å². The SMILES string of the molecule is CCc1nc(CS(N)(=O)=O)sc1C(=O)O. The normalized spacial score (nSPS) is 11.6. The highest BCUT2D eigenvalue weighted by Crippen LogP contribution is 2.20. The van der Waals surface area contributed by atoms with Crippen molar-refractivity contribution in [2.45, 2.75) is 19.1 Å². The summed E-state index contributed by atoms with van der Waals surface area (Å²) in [6.07, 6.45) is 0.447. The number of carbonyl (C=O) groups is 1. The number of nitrogens with zero attached hydrogens (tertiary/aromatic N) is 1. The lowest BCUT2D eigenvalue weighted by molar-refractivity contribution is 0.0701. The van der Waals surface area contributed by atoms with Gasteiger partial charge in [0.1, 0.15) is 15.6 Å². The summed E-state index contributed by atoms with van der Waals surface area (Å²) in [5, 5.41) is 13.8. The second kappa shape index (κ2) is 4.25. The lowest BCUT2D eigenvalue weighted by Crippen LogP contribution is -2.14. The lowest BCUT2D eigenvalue weighted by Gasteiger charge is -1.91. The van der Waals surface area contributed by atoms with Gasteiger partial charge in [-0.15, -0.1) is 11.3 Å². The Balaban J connectivity index is 3.08. The van der Waals surface area contributed by atoms with E-state index in [9.17, 15) is 13.2 Å². The molecule has 0 aliphatic carbocycles. The number of primary sulfonamides is 1. The third kappa shape index (κ3) is 3.26. The van der Waals surface area contributed by atoms with Crippen molar-refractivity contribution >= 4 is 27.3 Å². The summed E-state index contributed by atoms with van der Waals surface area (Å²) < 4.78 is 21.6. The zero-order valence-corrected chi connectivity index (χ0v) is 9.56. The third-order valence-electron chi connectivity index (χ3n) is 1.60. The number of rotatable bonds is 4. The van der Waals surface area contributed by atoms with E-state index in [0.29, 0.717) is 12.1 Å². The number of hydrogen-bond donors (Lipinski definition) is 2. The molecule has 84 valence electrons. The number of aromatic nitrogens is 1. The van der Waals surface area contributed by atoms with Gasteiger partial charge in [0.25, 0.3) is 0 Å². The largest absolute Gasteiger partial charge is 0.477 e. The predicted octanol–water partition coefficient (Wildman–Crippen LogP) is 0.192. The van der Waals surface area contributed by atoms with Crippen molar-refractivity contribution in [2.75, 3.05) is 0 Å². The molecule has 15 heavy (non-hydrogen) atoms. The molecule has 0 saturated heterocycles. The highest BCUT2D eigenvalue weighted by molar-refractivity contribution is 7.88. The van der Waals surface area contributed by atoms with Gasteiger partial charge in [-0.2, -0.15) is 0 Å². The van der Waals surface area contributed by atoms with Crippen molar-refractivity contribution in [1.29, 1.82) is 0 Å². The molecule has 6 nitrogen and oxygen atoms in total. The van der Waals surface area contributed by atoms with Gasteiger partial charge in [0.2, 0.25) is 10.0 Å². The van der Waals surface area contributed by atoms with Crippen molar-refractivity contribution in [3.05, 3.63) is 15.6 Å². The monoisotopic (exact) mass is 250 g/mol. The molecule has 0 amide bonds. The first-order valence-electron chi connectivity index (χ1n) is 4.06. The summed E-state index contributed by atoms with van der Waals surface area (Å²) in [6.45, 7) is 1.75. The Hall–Kier alpha value is -0.990. The standard InChI is InChI=1S/C7H10N2O4S2/c1-2-4-6(7(10)11)14-5(9-4)3-15(8,12)13/h2-3H2,1H3,(H,10,11)(H2,8,12,13). The molecule has 0 saturated carbocycles. The van der Waals surface area contributed by atoms with E-state index in [1.165, 1.54) is 0 Å². The average molecular weight is 250 g/mol. The summed E-state index contributed by atoms with van der Waals surface area (Å²) >= 11 is 0.849. The van der Waals surface area contributed by atoms with Crippen LogP contribution in [-0.2, 0) is 22.2 Å². The van der Waals surface area contributed by atoms with Crippen LogP contribution >= 0.6 is 11.3 Å². The van der Waals surface area contributed by atoms with Crippen LogP contribution in [-0.4, -0.2) is 24.5 Å². The number of aromatic carboxylic acids is 1. The molecule has 0 fully saturated rings. The Morgan fingerprint density at radius 3 is 2.53 bits per heavy atom. The average Bonchev–Trinajstić information content (AvgIpc) is 2.44. The summed E-state index contributed by atoms with van der Waals surface area (Å²) in [7, 11) is -3.66. The molecule has 0 atom stereocenters. The molecular weight excluding hydrogens is 240 g/mol. The van der Waals surface area contributed by atoms with Crippen molar-refractivity contribution in [1.82, 2.24) is 4.98 Å². The summed E-state index contributed by atoms with van der Waals surface area (Å²) in [5.41, 5.74) is 0.395. The first-order valence-corrected chi connectivity index (χ1v) is 6.59. The number of hydrogen-bond acceptors (Lipinski definition) is 5. The van der Waals surface area contributed by atoms with Gasteiger partial charge in [0.05, 0.1) is 5.69 Å². The third-order valence-corrected chi connectivity index (χ3v) is 3.54.